The van der Waals surface area contributed by atoms with Crippen molar-refractivity contribution in [2.24, 2.45) is 0 Å². The normalized spacial score (nSPS) is 12.3. The van der Waals surface area contributed by atoms with Gasteiger partial charge in [-0.05, 0) is 51.5 Å². The summed E-state index contributed by atoms with van der Waals surface area (Å²) < 4.78 is 6.89. The second-order valence-corrected chi connectivity index (χ2v) is 6.70. The molecule has 0 aliphatic carbocycles. The number of hydrogen-bond donors (Lipinski definition) is 2. The maximum atomic E-state index is 12.1. The first kappa shape index (κ1) is 18.5. The zero-order valence-corrected chi connectivity index (χ0v) is 14.9. The zero-order chi connectivity index (χ0) is 18.4. The molecule has 0 saturated heterocycles. The van der Waals surface area contributed by atoms with Crippen molar-refractivity contribution in [3.05, 3.63) is 48.3 Å². The molecule has 1 atom stereocenters. The van der Waals surface area contributed by atoms with Crippen molar-refractivity contribution in [3.63, 3.8) is 0 Å². The number of nitrogens with zero attached hydrogens (tertiary/aromatic N) is 2. The number of ether oxygens (including phenoxy) is 1. The van der Waals surface area contributed by atoms with Crippen molar-refractivity contribution in [1.29, 1.82) is 0 Å². The Balaban J connectivity index is 1.82. The van der Waals surface area contributed by atoms with Crippen molar-refractivity contribution < 1.29 is 14.3 Å². The van der Waals surface area contributed by atoms with E-state index < -0.39 is 17.7 Å². The van der Waals surface area contributed by atoms with E-state index in [4.69, 9.17) is 4.74 Å². The molecule has 1 aromatic heterocycles. The topological polar surface area (TPSA) is 85.2 Å². The highest BCUT2D eigenvalue weighted by Crippen LogP contribution is 2.09. The van der Waals surface area contributed by atoms with Crippen LogP contribution in [0.1, 0.15) is 33.3 Å². The highest BCUT2D eigenvalue weighted by Gasteiger charge is 2.20. The smallest absolute Gasteiger partial charge is 0.408 e. The number of aromatic nitrogens is 2. The van der Waals surface area contributed by atoms with Crippen LogP contribution in [0.2, 0.25) is 0 Å². The van der Waals surface area contributed by atoms with Gasteiger partial charge in [-0.2, -0.15) is 5.10 Å². The van der Waals surface area contributed by atoms with Gasteiger partial charge in [0.15, 0.2) is 0 Å². The Hall–Kier alpha value is -2.83. The number of alkyl carbamates (subject to hydrolysis) is 1. The lowest BCUT2D eigenvalue weighted by Gasteiger charge is -2.21. The lowest BCUT2D eigenvalue weighted by Crippen LogP contribution is -2.46. The molecule has 0 saturated carbocycles. The van der Waals surface area contributed by atoms with Gasteiger partial charge in [0, 0.05) is 18.9 Å². The van der Waals surface area contributed by atoms with Gasteiger partial charge in [-0.25, -0.2) is 9.48 Å². The Bertz CT molecular complexity index is 703. The fourth-order valence-corrected chi connectivity index (χ4v) is 2.08. The first-order chi connectivity index (χ1) is 11.7. The van der Waals surface area contributed by atoms with Crippen molar-refractivity contribution in [1.82, 2.24) is 20.4 Å². The van der Waals surface area contributed by atoms with Crippen LogP contribution in [-0.2, 0) is 16.1 Å². The highest BCUT2D eigenvalue weighted by atomic mass is 16.6. The van der Waals surface area contributed by atoms with Crippen molar-refractivity contribution in [3.8, 4) is 5.69 Å². The molecule has 7 nitrogen and oxygen atoms in total. The summed E-state index contributed by atoms with van der Waals surface area (Å²) in [6, 6.07) is 8.87. The van der Waals surface area contributed by atoms with Crippen LogP contribution in [0.25, 0.3) is 5.69 Å². The Morgan fingerprint density at radius 2 is 1.92 bits per heavy atom. The van der Waals surface area contributed by atoms with Gasteiger partial charge >= 0.3 is 6.09 Å². The number of nitrogens with one attached hydrogen (secondary N) is 2. The molecule has 1 heterocycles. The van der Waals surface area contributed by atoms with Crippen LogP contribution in [0.3, 0.4) is 0 Å². The van der Waals surface area contributed by atoms with E-state index in [1.807, 2.05) is 36.5 Å². The quantitative estimate of drug-likeness (QED) is 0.872. The number of carbonyl (C=O) groups is 2. The summed E-state index contributed by atoms with van der Waals surface area (Å²) in [6.07, 6.45) is 2.97. The Kier molecular flexibility index (Phi) is 5.80. The van der Waals surface area contributed by atoms with E-state index in [0.29, 0.717) is 6.54 Å². The summed E-state index contributed by atoms with van der Waals surface area (Å²) in [4.78, 5) is 23.8. The van der Waals surface area contributed by atoms with E-state index in [0.717, 1.165) is 11.3 Å². The summed E-state index contributed by atoms with van der Waals surface area (Å²) in [6.45, 7) is 7.29. The maximum Gasteiger partial charge on any atom is 0.408 e. The Morgan fingerprint density at radius 1 is 1.24 bits per heavy atom. The fourth-order valence-electron chi connectivity index (χ4n) is 2.08. The molecule has 0 spiro atoms. The minimum Gasteiger partial charge on any atom is -0.444 e. The molecule has 2 N–H and O–H groups in total. The molecule has 0 aliphatic heterocycles. The molecular formula is C18H24N4O3. The third-order valence-electron chi connectivity index (χ3n) is 3.30. The van der Waals surface area contributed by atoms with E-state index >= 15 is 0 Å². The predicted molar refractivity (Wildman–Crippen MR) is 94.2 cm³/mol. The molecule has 2 amide bonds. The molecule has 0 aliphatic rings. The minimum atomic E-state index is -0.682. The third kappa shape index (κ3) is 5.95. The van der Waals surface area contributed by atoms with E-state index in [1.54, 1.807) is 38.6 Å². The molecule has 134 valence electrons. The molecule has 0 fully saturated rings. The highest BCUT2D eigenvalue weighted by molar-refractivity contribution is 5.85. The van der Waals surface area contributed by atoms with Gasteiger partial charge in [-0.15, -0.1) is 0 Å². The van der Waals surface area contributed by atoms with Crippen molar-refractivity contribution in [2.45, 2.75) is 45.9 Å². The Labute approximate surface area is 147 Å². The average molecular weight is 344 g/mol. The summed E-state index contributed by atoms with van der Waals surface area (Å²) in [5.74, 6) is -0.276. The second-order valence-electron chi connectivity index (χ2n) is 6.70. The molecule has 1 aromatic carbocycles. The zero-order valence-electron chi connectivity index (χ0n) is 14.9. The third-order valence-corrected chi connectivity index (χ3v) is 3.30. The van der Waals surface area contributed by atoms with Crippen molar-refractivity contribution in [2.75, 3.05) is 0 Å². The number of rotatable bonds is 5. The van der Waals surface area contributed by atoms with Crippen LogP contribution in [-0.4, -0.2) is 33.4 Å². The number of benzene rings is 1. The second kappa shape index (κ2) is 7.83. The summed E-state index contributed by atoms with van der Waals surface area (Å²) >= 11 is 0. The van der Waals surface area contributed by atoms with Crippen LogP contribution in [0.5, 0.6) is 0 Å². The van der Waals surface area contributed by atoms with E-state index in [1.165, 1.54) is 0 Å². The molecule has 25 heavy (non-hydrogen) atoms. The molecule has 0 bridgehead atoms. The number of hydrogen-bond acceptors (Lipinski definition) is 4. The van der Waals surface area contributed by atoms with Crippen LogP contribution < -0.4 is 10.6 Å². The monoisotopic (exact) mass is 344 g/mol. The van der Waals surface area contributed by atoms with Gasteiger partial charge in [0.1, 0.15) is 11.6 Å². The first-order valence-electron chi connectivity index (χ1n) is 8.11. The lowest BCUT2D eigenvalue weighted by atomic mass is 10.2. The predicted octanol–water partition coefficient (Wildman–Crippen LogP) is 2.40. The molecule has 2 rings (SSSR count). The lowest BCUT2D eigenvalue weighted by molar-refractivity contribution is -0.122. The molecule has 2 aromatic rings. The van der Waals surface area contributed by atoms with Crippen LogP contribution in [0, 0.1) is 0 Å². The van der Waals surface area contributed by atoms with Crippen LogP contribution in [0.4, 0.5) is 4.79 Å². The minimum absolute atomic E-state index is 0.276. The molecule has 1 unspecified atom stereocenters. The average Bonchev–Trinajstić information content (AvgIpc) is 3.05. The van der Waals surface area contributed by atoms with Crippen LogP contribution in [0.15, 0.2) is 42.7 Å². The summed E-state index contributed by atoms with van der Waals surface area (Å²) in [7, 11) is 0. The van der Waals surface area contributed by atoms with E-state index in [9.17, 15) is 9.59 Å². The molecule has 7 heteroatoms. The van der Waals surface area contributed by atoms with Crippen LogP contribution >= 0.6 is 0 Å². The maximum absolute atomic E-state index is 12.1. The Morgan fingerprint density at radius 3 is 2.48 bits per heavy atom. The number of carbonyl (C=O) groups excluding carboxylic acids is 2. The van der Waals surface area contributed by atoms with Crippen molar-refractivity contribution >= 4 is 12.0 Å². The fraction of sp³-hybridized carbons (Fsp3) is 0.389. The van der Waals surface area contributed by atoms with Gasteiger partial charge in [-0.1, -0.05) is 12.1 Å². The van der Waals surface area contributed by atoms with Gasteiger partial charge < -0.3 is 15.4 Å². The molecular weight excluding hydrogens is 320 g/mol. The summed E-state index contributed by atoms with van der Waals surface area (Å²) in [5, 5.41) is 9.47. The van der Waals surface area contributed by atoms with E-state index in [-0.39, 0.29) is 5.91 Å². The first-order valence-corrected chi connectivity index (χ1v) is 8.11. The largest absolute Gasteiger partial charge is 0.444 e. The number of amides is 2. The van der Waals surface area contributed by atoms with Gasteiger partial charge in [0.2, 0.25) is 5.91 Å². The van der Waals surface area contributed by atoms with Gasteiger partial charge in [0.05, 0.1) is 5.69 Å². The summed E-state index contributed by atoms with van der Waals surface area (Å²) in [5.41, 5.74) is 1.30. The van der Waals surface area contributed by atoms with Gasteiger partial charge in [0.25, 0.3) is 0 Å². The van der Waals surface area contributed by atoms with E-state index in [2.05, 4.69) is 15.7 Å². The standard InChI is InChI=1S/C18H24N4O3/c1-13(21-17(24)25-18(2,3)4)16(23)19-12-14-6-8-15(9-7-14)22-11-5-10-20-22/h5-11,13H,12H2,1-4H3,(H,19,23)(H,21,24). The van der Waals surface area contributed by atoms with Gasteiger partial charge in [-0.3, -0.25) is 4.79 Å². The molecule has 0 radical (unpaired) electrons. The SMILES string of the molecule is CC(NC(=O)OC(C)(C)C)C(=O)NCc1ccc(-n2cccn2)cc1.